The highest BCUT2D eigenvalue weighted by Gasteiger charge is 2.37. The second-order valence-electron chi connectivity index (χ2n) is 3.82. The van der Waals surface area contributed by atoms with E-state index in [2.05, 4.69) is 13.6 Å². The van der Waals surface area contributed by atoms with E-state index in [4.69, 9.17) is 5.11 Å². The van der Waals surface area contributed by atoms with E-state index in [0.717, 1.165) is 30.5 Å². The molecule has 1 aliphatic rings. The molecule has 0 spiro atoms. The van der Waals surface area contributed by atoms with Crippen LogP contribution in [0.5, 0.6) is 0 Å². The van der Waals surface area contributed by atoms with Gasteiger partial charge in [-0.1, -0.05) is 6.58 Å². The predicted molar refractivity (Wildman–Crippen MR) is 46.7 cm³/mol. The molecule has 0 aliphatic carbocycles. The average Bonchev–Trinajstić information content (AvgIpc) is 2.33. The molecule has 0 radical (unpaired) electrons. The molecular formula is C9H16NO2+. The summed E-state index contributed by atoms with van der Waals surface area (Å²) < 4.78 is 0.834. The number of carboxylic acids is 1. The summed E-state index contributed by atoms with van der Waals surface area (Å²) in [6.07, 6.45) is 2.67. The molecule has 1 heterocycles. The van der Waals surface area contributed by atoms with E-state index in [9.17, 15) is 4.79 Å². The molecule has 3 nitrogen and oxygen atoms in total. The van der Waals surface area contributed by atoms with Crippen molar-refractivity contribution in [2.75, 3.05) is 26.7 Å². The third kappa shape index (κ3) is 1.85. The number of likely N-dealkylation sites (N-methyl/N-ethyl adjacent to an activating group) is 1. The van der Waals surface area contributed by atoms with E-state index in [1.807, 2.05) is 6.08 Å². The zero-order valence-corrected chi connectivity index (χ0v) is 7.49. The molecule has 0 saturated carbocycles. The lowest BCUT2D eigenvalue weighted by atomic mass is 10.1. The molecule has 3 heteroatoms. The van der Waals surface area contributed by atoms with Gasteiger partial charge in [-0.3, -0.25) is 4.79 Å². The van der Waals surface area contributed by atoms with Crippen LogP contribution < -0.4 is 0 Å². The van der Waals surface area contributed by atoms with Gasteiger partial charge in [0.15, 0.2) is 0 Å². The fourth-order valence-corrected chi connectivity index (χ4v) is 1.86. The summed E-state index contributed by atoms with van der Waals surface area (Å²) >= 11 is 0. The highest BCUT2D eigenvalue weighted by atomic mass is 16.4. The van der Waals surface area contributed by atoms with E-state index in [1.165, 1.54) is 0 Å². The molecule has 68 valence electrons. The van der Waals surface area contributed by atoms with Crippen molar-refractivity contribution in [3.05, 3.63) is 12.7 Å². The van der Waals surface area contributed by atoms with E-state index in [0.29, 0.717) is 0 Å². The number of quaternary nitrogens is 1. The summed E-state index contributed by atoms with van der Waals surface area (Å²) in [6.45, 7) is 6.27. The maximum Gasteiger partial charge on any atom is 0.312 e. The highest BCUT2D eigenvalue weighted by molar-refractivity contribution is 5.70. The summed E-state index contributed by atoms with van der Waals surface area (Å²) in [7, 11) is 2.09. The van der Waals surface area contributed by atoms with Gasteiger partial charge in [0, 0.05) is 6.42 Å². The Labute approximate surface area is 72.9 Å². The molecular weight excluding hydrogens is 154 g/mol. The maximum absolute atomic E-state index is 10.7. The van der Waals surface area contributed by atoms with Gasteiger partial charge in [0.25, 0.3) is 0 Å². The topological polar surface area (TPSA) is 37.3 Å². The molecule has 1 fully saturated rings. The molecule has 0 aromatic rings. The quantitative estimate of drug-likeness (QED) is 0.500. The Hall–Kier alpha value is -0.830. The first-order valence-electron chi connectivity index (χ1n) is 4.25. The largest absolute Gasteiger partial charge is 0.481 e. The number of carbonyl (C=O) groups is 1. The molecule has 1 rings (SSSR count). The second-order valence-corrected chi connectivity index (χ2v) is 3.82. The number of likely N-dealkylation sites (tertiary alicyclic amines) is 1. The van der Waals surface area contributed by atoms with Crippen molar-refractivity contribution >= 4 is 5.97 Å². The molecule has 0 bridgehead atoms. The Morgan fingerprint density at radius 2 is 2.50 bits per heavy atom. The highest BCUT2D eigenvalue weighted by Crippen LogP contribution is 2.22. The van der Waals surface area contributed by atoms with Crippen LogP contribution in [0.2, 0.25) is 0 Å². The lowest BCUT2D eigenvalue weighted by Crippen LogP contribution is -2.42. The molecule has 0 aromatic heterocycles. The van der Waals surface area contributed by atoms with Crippen LogP contribution in [0.25, 0.3) is 0 Å². The summed E-state index contributed by atoms with van der Waals surface area (Å²) in [5.74, 6) is -0.795. The van der Waals surface area contributed by atoms with E-state index < -0.39 is 5.97 Å². The summed E-state index contributed by atoms with van der Waals surface area (Å²) in [5.41, 5.74) is 0. The zero-order chi connectivity index (χ0) is 9.19. The minimum Gasteiger partial charge on any atom is -0.481 e. The lowest BCUT2D eigenvalue weighted by Gasteiger charge is -2.27. The Morgan fingerprint density at radius 1 is 1.83 bits per heavy atom. The van der Waals surface area contributed by atoms with Gasteiger partial charge < -0.3 is 9.59 Å². The van der Waals surface area contributed by atoms with Crippen LogP contribution in [-0.2, 0) is 4.79 Å². The third-order valence-electron chi connectivity index (χ3n) is 2.60. The van der Waals surface area contributed by atoms with Crippen molar-refractivity contribution < 1.29 is 14.4 Å². The Kier molecular flexibility index (Phi) is 2.52. The van der Waals surface area contributed by atoms with Crippen molar-refractivity contribution in [1.82, 2.24) is 0 Å². The number of hydrogen-bond acceptors (Lipinski definition) is 1. The Morgan fingerprint density at radius 3 is 2.92 bits per heavy atom. The average molecular weight is 170 g/mol. The first-order valence-corrected chi connectivity index (χ1v) is 4.25. The minimum absolute atomic E-state index is 0.144. The van der Waals surface area contributed by atoms with Crippen LogP contribution in [0, 0.1) is 5.92 Å². The van der Waals surface area contributed by atoms with Gasteiger partial charge in [-0.25, -0.2) is 0 Å². The van der Waals surface area contributed by atoms with E-state index in [-0.39, 0.29) is 5.92 Å². The van der Waals surface area contributed by atoms with Crippen molar-refractivity contribution in [3.8, 4) is 0 Å². The Bertz CT molecular complexity index is 203. The van der Waals surface area contributed by atoms with Gasteiger partial charge in [-0.05, 0) is 6.08 Å². The number of nitrogens with zero attached hydrogens (tertiary/aromatic N) is 1. The summed E-state index contributed by atoms with van der Waals surface area (Å²) in [5, 5.41) is 8.78. The van der Waals surface area contributed by atoms with Gasteiger partial charge in [0.1, 0.15) is 5.92 Å². The van der Waals surface area contributed by atoms with Gasteiger partial charge >= 0.3 is 5.97 Å². The molecule has 1 N–H and O–H groups in total. The predicted octanol–water partition coefficient (Wildman–Crippen LogP) is 0.723. The second kappa shape index (κ2) is 3.27. The SMILES string of the molecule is C=CC[N+]1(C)CCC(C(=O)O)C1. The third-order valence-corrected chi connectivity index (χ3v) is 2.60. The van der Waals surface area contributed by atoms with Gasteiger partial charge in [-0.2, -0.15) is 0 Å². The van der Waals surface area contributed by atoms with Gasteiger partial charge in [0.2, 0.25) is 0 Å². The van der Waals surface area contributed by atoms with Gasteiger partial charge in [-0.15, -0.1) is 0 Å². The van der Waals surface area contributed by atoms with E-state index >= 15 is 0 Å². The maximum atomic E-state index is 10.7. The smallest absolute Gasteiger partial charge is 0.312 e. The molecule has 0 amide bonds. The number of carboxylic acid groups (broad SMARTS) is 1. The van der Waals surface area contributed by atoms with Crippen molar-refractivity contribution in [2.24, 2.45) is 5.92 Å². The van der Waals surface area contributed by atoms with Crippen LogP contribution in [0.4, 0.5) is 0 Å². The van der Waals surface area contributed by atoms with Crippen LogP contribution in [0.15, 0.2) is 12.7 Å². The van der Waals surface area contributed by atoms with Crippen LogP contribution in [0.1, 0.15) is 6.42 Å². The summed E-state index contributed by atoms with van der Waals surface area (Å²) in [4.78, 5) is 10.7. The van der Waals surface area contributed by atoms with E-state index in [1.54, 1.807) is 0 Å². The zero-order valence-electron chi connectivity index (χ0n) is 7.49. The first-order chi connectivity index (χ1) is 5.57. The van der Waals surface area contributed by atoms with Crippen LogP contribution in [0.3, 0.4) is 0 Å². The molecule has 1 aliphatic heterocycles. The monoisotopic (exact) mass is 170 g/mol. The van der Waals surface area contributed by atoms with Crippen LogP contribution in [-0.4, -0.2) is 42.2 Å². The van der Waals surface area contributed by atoms with Crippen molar-refractivity contribution in [2.45, 2.75) is 6.42 Å². The minimum atomic E-state index is -0.652. The Balaban J connectivity index is 2.54. The lowest BCUT2D eigenvalue weighted by molar-refractivity contribution is -0.892. The molecule has 12 heavy (non-hydrogen) atoms. The van der Waals surface area contributed by atoms with Gasteiger partial charge in [0.05, 0.1) is 26.7 Å². The van der Waals surface area contributed by atoms with Crippen molar-refractivity contribution in [1.29, 1.82) is 0 Å². The number of hydrogen-bond donors (Lipinski definition) is 1. The fraction of sp³-hybridized carbons (Fsp3) is 0.667. The number of rotatable bonds is 3. The number of aliphatic carboxylic acids is 1. The first kappa shape index (κ1) is 9.26. The fourth-order valence-electron chi connectivity index (χ4n) is 1.86. The standard InChI is InChI=1S/C9H15NO2/c1-3-5-10(2)6-4-8(7-10)9(11)12/h3,8H,1,4-7H2,2H3/p+1. The van der Waals surface area contributed by atoms with Crippen molar-refractivity contribution in [3.63, 3.8) is 0 Å². The molecule has 1 saturated heterocycles. The normalized spacial score (nSPS) is 34.9. The molecule has 2 unspecified atom stereocenters. The molecule has 0 aromatic carbocycles. The summed E-state index contributed by atoms with van der Waals surface area (Å²) in [6, 6.07) is 0. The van der Waals surface area contributed by atoms with Crippen LogP contribution >= 0.6 is 0 Å². The molecule has 2 atom stereocenters.